The van der Waals surface area contributed by atoms with Gasteiger partial charge in [0.2, 0.25) is 0 Å². The highest BCUT2D eigenvalue weighted by Gasteiger charge is 2.25. The molecule has 1 rings (SSSR count). The lowest BCUT2D eigenvalue weighted by atomic mass is 9.88. The maximum Gasteiger partial charge on any atom is 0.0313 e. The molecule has 1 unspecified atom stereocenters. The van der Waals surface area contributed by atoms with Crippen LogP contribution in [0.3, 0.4) is 0 Å². The van der Waals surface area contributed by atoms with Crippen LogP contribution in [0.4, 0.5) is 0 Å². The fraction of sp³-hybridized carbons (Fsp3) is 0.714. The quantitative estimate of drug-likeness (QED) is 0.499. The summed E-state index contributed by atoms with van der Waals surface area (Å²) in [6.45, 7) is 6.66. The molecule has 0 saturated heterocycles. The summed E-state index contributed by atoms with van der Waals surface area (Å²) in [5.41, 5.74) is 0.361. The monoisotopic (exact) mass is 111 g/mol. The third kappa shape index (κ3) is 0.726. The standard InChI is InChI=1S/C7H13N/c1-6-7(2,3)4-5-8-6/h4-6,8H,1-3H3. The summed E-state index contributed by atoms with van der Waals surface area (Å²) in [5.74, 6) is 0. The Labute approximate surface area is 50.8 Å². The summed E-state index contributed by atoms with van der Waals surface area (Å²) >= 11 is 0. The number of rotatable bonds is 0. The van der Waals surface area contributed by atoms with Crippen LogP contribution in [0.5, 0.6) is 0 Å². The Balaban J connectivity index is 2.67. The zero-order valence-corrected chi connectivity index (χ0v) is 5.73. The fourth-order valence-electron chi connectivity index (χ4n) is 0.766. The van der Waals surface area contributed by atoms with E-state index in [4.69, 9.17) is 0 Å². The highest BCUT2D eigenvalue weighted by Crippen LogP contribution is 2.25. The van der Waals surface area contributed by atoms with E-state index in [1.54, 1.807) is 0 Å². The lowest BCUT2D eigenvalue weighted by Crippen LogP contribution is -2.28. The van der Waals surface area contributed by atoms with Crippen LogP contribution < -0.4 is 5.32 Å². The number of hydrogen-bond donors (Lipinski definition) is 1. The van der Waals surface area contributed by atoms with Gasteiger partial charge in [-0.05, 0) is 13.1 Å². The van der Waals surface area contributed by atoms with Gasteiger partial charge < -0.3 is 5.32 Å². The molecule has 1 aliphatic heterocycles. The van der Waals surface area contributed by atoms with Gasteiger partial charge in [-0.3, -0.25) is 0 Å². The molecule has 0 aromatic heterocycles. The molecule has 0 radical (unpaired) electrons. The summed E-state index contributed by atoms with van der Waals surface area (Å²) in [7, 11) is 0. The van der Waals surface area contributed by atoms with E-state index in [-0.39, 0.29) is 0 Å². The first-order valence-corrected chi connectivity index (χ1v) is 3.07. The van der Waals surface area contributed by atoms with Gasteiger partial charge in [-0.15, -0.1) is 0 Å². The first-order chi connectivity index (χ1) is 3.63. The largest absolute Gasteiger partial charge is 0.388 e. The molecule has 0 spiro atoms. The average molecular weight is 111 g/mol. The topological polar surface area (TPSA) is 12.0 Å². The van der Waals surface area contributed by atoms with Crippen molar-refractivity contribution in [2.24, 2.45) is 5.41 Å². The molecule has 1 nitrogen and oxygen atoms in total. The van der Waals surface area contributed by atoms with E-state index in [9.17, 15) is 0 Å². The van der Waals surface area contributed by atoms with Crippen molar-refractivity contribution in [1.29, 1.82) is 0 Å². The van der Waals surface area contributed by atoms with Gasteiger partial charge >= 0.3 is 0 Å². The maximum absolute atomic E-state index is 3.23. The molecule has 1 aliphatic rings. The van der Waals surface area contributed by atoms with Gasteiger partial charge in [-0.25, -0.2) is 0 Å². The van der Waals surface area contributed by atoms with E-state index in [2.05, 4.69) is 32.2 Å². The first kappa shape index (κ1) is 5.67. The molecule has 0 saturated carbocycles. The van der Waals surface area contributed by atoms with Crippen molar-refractivity contribution in [3.63, 3.8) is 0 Å². The van der Waals surface area contributed by atoms with Gasteiger partial charge in [-0.1, -0.05) is 19.9 Å². The van der Waals surface area contributed by atoms with Crippen molar-refractivity contribution in [3.05, 3.63) is 12.3 Å². The molecule has 0 aromatic carbocycles. The Morgan fingerprint density at radius 3 is 2.25 bits per heavy atom. The Hall–Kier alpha value is -0.460. The molecule has 1 heterocycles. The summed E-state index contributed by atoms with van der Waals surface area (Å²) in [5, 5.41) is 3.23. The normalized spacial score (nSPS) is 32.6. The van der Waals surface area contributed by atoms with Gasteiger partial charge in [0.15, 0.2) is 0 Å². The van der Waals surface area contributed by atoms with Crippen LogP contribution in [-0.2, 0) is 0 Å². The molecule has 0 aromatic rings. The second-order valence-corrected chi connectivity index (χ2v) is 3.04. The van der Waals surface area contributed by atoms with Crippen molar-refractivity contribution < 1.29 is 0 Å². The molecular formula is C7H13N. The molecule has 0 bridgehead atoms. The summed E-state index contributed by atoms with van der Waals surface area (Å²) < 4.78 is 0. The van der Waals surface area contributed by atoms with Gasteiger partial charge in [0.05, 0.1) is 0 Å². The van der Waals surface area contributed by atoms with Gasteiger partial charge in [0.25, 0.3) is 0 Å². The Morgan fingerprint density at radius 1 is 1.50 bits per heavy atom. The van der Waals surface area contributed by atoms with E-state index in [1.165, 1.54) is 0 Å². The average Bonchev–Trinajstić information content (AvgIpc) is 1.86. The SMILES string of the molecule is CC1NC=CC1(C)C. The third-order valence-corrected chi connectivity index (χ3v) is 1.98. The molecule has 0 amide bonds. The summed E-state index contributed by atoms with van der Waals surface area (Å²) in [6, 6.07) is 0.600. The molecule has 0 fully saturated rings. The minimum Gasteiger partial charge on any atom is -0.388 e. The van der Waals surface area contributed by atoms with Crippen LogP contribution in [0.15, 0.2) is 12.3 Å². The van der Waals surface area contributed by atoms with Crippen LogP contribution >= 0.6 is 0 Å². The predicted molar refractivity (Wildman–Crippen MR) is 35.5 cm³/mol. The van der Waals surface area contributed by atoms with Crippen LogP contribution in [-0.4, -0.2) is 6.04 Å². The van der Waals surface area contributed by atoms with E-state index < -0.39 is 0 Å². The van der Waals surface area contributed by atoms with E-state index in [0.29, 0.717) is 11.5 Å². The molecular weight excluding hydrogens is 98.1 g/mol. The van der Waals surface area contributed by atoms with Crippen molar-refractivity contribution >= 4 is 0 Å². The minimum absolute atomic E-state index is 0.361. The van der Waals surface area contributed by atoms with Crippen LogP contribution in [0.1, 0.15) is 20.8 Å². The van der Waals surface area contributed by atoms with Crippen molar-refractivity contribution in [2.75, 3.05) is 0 Å². The first-order valence-electron chi connectivity index (χ1n) is 3.07. The maximum atomic E-state index is 3.23. The molecule has 1 atom stereocenters. The van der Waals surface area contributed by atoms with Crippen molar-refractivity contribution in [1.82, 2.24) is 5.32 Å². The molecule has 1 heteroatoms. The zero-order chi connectivity index (χ0) is 6.20. The van der Waals surface area contributed by atoms with Crippen LogP contribution in [0, 0.1) is 5.41 Å². The number of hydrogen-bond acceptors (Lipinski definition) is 1. The van der Waals surface area contributed by atoms with Crippen molar-refractivity contribution in [3.8, 4) is 0 Å². The van der Waals surface area contributed by atoms with Crippen molar-refractivity contribution in [2.45, 2.75) is 26.8 Å². The van der Waals surface area contributed by atoms with E-state index >= 15 is 0 Å². The third-order valence-electron chi connectivity index (χ3n) is 1.98. The Morgan fingerprint density at radius 2 is 2.12 bits per heavy atom. The predicted octanol–water partition coefficient (Wildman–Crippen LogP) is 1.52. The zero-order valence-electron chi connectivity index (χ0n) is 5.73. The fourth-order valence-corrected chi connectivity index (χ4v) is 0.766. The Bertz CT molecular complexity index is 114. The van der Waals surface area contributed by atoms with Crippen LogP contribution in [0.25, 0.3) is 0 Å². The van der Waals surface area contributed by atoms with Gasteiger partial charge in [-0.2, -0.15) is 0 Å². The van der Waals surface area contributed by atoms with E-state index in [0.717, 1.165) is 0 Å². The minimum atomic E-state index is 0.361. The number of nitrogens with one attached hydrogen (secondary N) is 1. The molecule has 46 valence electrons. The highest BCUT2D eigenvalue weighted by atomic mass is 14.9. The molecule has 1 N–H and O–H groups in total. The van der Waals surface area contributed by atoms with Gasteiger partial charge in [0.1, 0.15) is 0 Å². The van der Waals surface area contributed by atoms with Gasteiger partial charge in [0, 0.05) is 11.5 Å². The second-order valence-electron chi connectivity index (χ2n) is 3.04. The lowest BCUT2D eigenvalue weighted by Gasteiger charge is -2.21. The molecule has 8 heavy (non-hydrogen) atoms. The smallest absolute Gasteiger partial charge is 0.0313 e. The van der Waals surface area contributed by atoms with Crippen LogP contribution in [0.2, 0.25) is 0 Å². The molecule has 0 aliphatic carbocycles. The van der Waals surface area contributed by atoms with E-state index in [1.807, 2.05) is 6.20 Å². The highest BCUT2D eigenvalue weighted by molar-refractivity contribution is 5.06. The Kier molecular flexibility index (Phi) is 1.07. The second kappa shape index (κ2) is 1.51. The lowest BCUT2D eigenvalue weighted by molar-refractivity contribution is 0.388. The summed E-state index contributed by atoms with van der Waals surface area (Å²) in [4.78, 5) is 0. The summed E-state index contributed by atoms with van der Waals surface area (Å²) in [6.07, 6.45) is 4.24.